The van der Waals surface area contributed by atoms with Gasteiger partial charge in [-0.15, -0.1) is 0 Å². The molecule has 0 radical (unpaired) electrons. The number of aromatic nitrogens is 2. The Balaban J connectivity index is 1.85. The molecule has 5 nitrogen and oxygen atoms in total. The fraction of sp³-hybridized carbons (Fsp3) is 0.818. The van der Waals surface area contributed by atoms with E-state index in [0.29, 0.717) is 23.8 Å². The number of nitrogens with two attached hydrogens (primary N) is 1. The fourth-order valence-corrected chi connectivity index (χ4v) is 2.29. The van der Waals surface area contributed by atoms with Crippen molar-refractivity contribution in [3.63, 3.8) is 0 Å². The van der Waals surface area contributed by atoms with Crippen LogP contribution in [0.4, 0.5) is 0 Å². The smallest absolute Gasteiger partial charge is 0.240 e. The Morgan fingerprint density at radius 2 is 2.06 bits per heavy atom. The van der Waals surface area contributed by atoms with Crippen LogP contribution in [0, 0.1) is 6.92 Å². The maximum atomic E-state index is 5.89. The molecule has 1 aliphatic rings. The van der Waals surface area contributed by atoms with E-state index >= 15 is 0 Å². The molecule has 90 valence electrons. The minimum absolute atomic E-state index is 0.398. The second-order valence-electron chi connectivity index (χ2n) is 4.72. The molecule has 0 atom stereocenters. The SMILES string of the molecule is Cc1noc(CN(C)C2CCC(N)CC2)n1. The summed E-state index contributed by atoms with van der Waals surface area (Å²) in [5.41, 5.74) is 5.89. The largest absolute Gasteiger partial charge is 0.338 e. The van der Waals surface area contributed by atoms with E-state index < -0.39 is 0 Å². The van der Waals surface area contributed by atoms with Crippen LogP contribution in [-0.2, 0) is 6.54 Å². The first-order chi connectivity index (χ1) is 7.65. The Hall–Kier alpha value is -0.940. The Kier molecular flexibility index (Phi) is 3.56. The van der Waals surface area contributed by atoms with E-state index in [1.54, 1.807) is 0 Å². The Morgan fingerprint density at radius 3 is 2.62 bits per heavy atom. The monoisotopic (exact) mass is 224 g/mol. The third-order valence-corrected chi connectivity index (χ3v) is 3.32. The standard InChI is InChI=1S/C11H20N4O/c1-8-13-11(16-14-8)7-15(2)10-5-3-9(12)4-6-10/h9-10H,3-7,12H2,1-2H3. The van der Waals surface area contributed by atoms with E-state index in [0.717, 1.165) is 19.4 Å². The van der Waals surface area contributed by atoms with Crippen molar-refractivity contribution in [2.75, 3.05) is 7.05 Å². The van der Waals surface area contributed by atoms with Crippen molar-refractivity contribution in [3.05, 3.63) is 11.7 Å². The molecule has 0 amide bonds. The average molecular weight is 224 g/mol. The van der Waals surface area contributed by atoms with Gasteiger partial charge in [-0.05, 0) is 39.7 Å². The summed E-state index contributed by atoms with van der Waals surface area (Å²) < 4.78 is 5.12. The van der Waals surface area contributed by atoms with E-state index in [4.69, 9.17) is 10.3 Å². The van der Waals surface area contributed by atoms with Crippen LogP contribution in [0.5, 0.6) is 0 Å². The van der Waals surface area contributed by atoms with Gasteiger partial charge in [0, 0.05) is 12.1 Å². The number of nitrogens with zero attached hydrogens (tertiary/aromatic N) is 3. The van der Waals surface area contributed by atoms with Gasteiger partial charge < -0.3 is 10.3 Å². The quantitative estimate of drug-likeness (QED) is 0.832. The first kappa shape index (κ1) is 11.5. The zero-order valence-corrected chi connectivity index (χ0v) is 10.0. The molecule has 1 aromatic heterocycles. The molecule has 1 saturated carbocycles. The van der Waals surface area contributed by atoms with Gasteiger partial charge in [0.2, 0.25) is 5.89 Å². The molecule has 1 heterocycles. The minimum Gasteiger partial charge on any atom is -0.338 e. The van der Waals surface area contributed by atoms with Gasteiger partial charge in [0.25, 0.3) is 0 Å². The summed E-state index contributed by atoms with van der Waals surface area (Å²) in [5.74, 6) is 1.41. The second kappa shape index (κ2) is 4.93. The van der Waals surface area contributed by atoms with Crippen LogP contribution in [0.3, 0.4) is 0 Å². The van der Waals surface area contributed by atoms with Crippen molar-refractivity contribution < 1.29 is 4.52 Å². The van der Waals surface area contributed by atoms with Gasteiger partial charge >= 0.3 is 0 Å². The minimum atomic E-state index is 0.398. The van der Waals surface area contributed by atoms with Gasteiger partial charge in [-0.2, -0.15) is 4.98 Å². The summed E-state index contributed by atoms with van der Waals surface area (Å²) in [6.45, 7) is 2.58. The third-order valence-electron chi connectivity index (χ3n) is 3.32. The van der Waals surface area contributed by atoms with Crippen LogP contribution in [0.15, 0.2) is 4.52 Å². The predicted octanol–water partition coefficient (Wildman–Crippen LogP) is 1.08. The van der Waals surface area contributed by atoms with Crippen molar-refractivity contribution in [1.29, 1.82) is 0 Å². The molecule has 1 aliphatic carbocycles. The van der Waals surface area contributed by atoms with Gasteiger partial charge in [0.05, 0.1) is 6.54 Å². The molecule has 2 N–H and O–H groups in total. The summed E-state index contributed by atoms with van der Waals surface area (Å²) >= 11 is 0. The van der Waals surface area contributed by atoms with Gasteiger partial charge in [-0.3, -0.25) is 4.90 Å². The normalized spacial score (nSPS) is 26.2. The first-order valence-electron chi connectivity index (χ1n) is 5.90. The Labute approximate surface area is 96.0 Å². The van der Waals surface area contributed by atoms with Crippen molar-refractivity contribution in [3.8, 4) is 0 Å². The first-order valence-corrected chi connectivity index (χ1v) is 5.90. The highest BCUT2D eigenvalue weighted by Crippen LogP contribution is 2.22. The zero-order valence-electron chi connectivity index (χ0n) is 10.0. The van der Waals surface area contributed by atoms with E-state index in [1.807, 2.05) is 6.92 Å². The summed E-state index contributed by atoms with van der Waals surface area (Å²) in [5, 5.41) is 3.79. The molecule has 0 bridgehead atoms. The van der Waals surface area contributed by atoms with Crippen molar-refractivity contribution in [2.45, 2.75) is 51.2 Å². The molecular weight excluding hydrogens is 204 g/mol. The molecule has 2 rings (SSSR count). The number of rotatable bonds is 3. The molecule has 0 unspecified atom stereocenters. The highest BCUT2D eigenvalue weighted by atomic mass is 16.5. The van der Waals surface area contributed by atoms with Gasteiger partial charge in [-0.1, -0.05) is 5.16 Å². The summed E-state index contributed by atoms with van der Waals surface area (Å²) in [7, 11) is 2.11. The van der Waals surface area contributed by atoms with Crippen LogP contribution in [0.2, 0.25) is 0 Å². The predicted molar refractivity (Wildman–Crippen MR) is 60.7 cm³/mol. The molecule has 0 spiro atoms. The second-order valence-corrected chi connectivity index (χ2v) is 4.72. The van der Waals surface area contributed by atoms with Crippen molar-refractivity contribution in [2.24, 2.45) is 5.73 Å². The van der Waals surface area contributed by atoms with Crippen LogP contribution in [0.25, 0.3) is 0 Å². The zero-order chi connectivity index (χ0) is 11.5. The number of aryl methyl sites for hydroxylation is 1. The lowest BCUT2D eigenvalue weighted by molar-refractivity contribution is 0.158. The fourth-order valence-electron chi connectivity index (χ4n) is 2.29. The third kappa shape index (κ3) is 2.80. The van der Waals surface area contributed by atoms with Gasteiger partial charge in [0.15, 0.2) is 5.82 Å². The molecule has 1 aromatic rings. The summed E-state index contributed by atoms with van der Waals surface area (Å²) in [4.78, 5) is 6.51. The lowest BCUT2D eigenvalue weighted by Gasteiger charge is -2.32. The highest BCUT2D eigenvalue weighted by molar-refractivity contribution is 4.85. The van der Waals surface area contributed by atoms with Crippen molar-refractivity contribution >= 4 is 0 Å². The van der Waals surface area contributed by atoms with E-state index in [1.165, 1.54) is 12.8 Å². The molecule has 0 saturated heterocycles. The van der Waals surface area contributed by atoms with Crippen LogP contribution in [-0.4, -0.2) is 34.2 Å². The van der Waals surface area contributed by atoms with Crippen LogP contribution in [0.1, 0.15) is 37.4 Å². The lowest BCUT2D eigenvalue weighted by Crippen LogP contribution is -2.38. The summed E-state index contributed by atoms with van der Waals surface area (Å²) in [6.07, 6.45) is 4.59. The van der Waals surface area contributed by atoms with E-state index in [2.05, 4.69) is 22.1 Å². The maximum Gasteiger partial charge on any atom is 0.240 e. The molecule has 0 aliphatic heterocycles. The van der Waals surface area contributed by atoms with Gasteiger partial charge in [0.1, 0.15) is 0 Å². The van der Waals surface area contributed by atoms with E-state index in [-0.39, 0.29) is 0 Å². The molecule has 16 heavy (non-hydrogen) atoms. The maximum absolute atomic E-state index is 5.89. The Bertz CT molecular complexity index is 330. The van der Waals surface area contributed by atoms with Crippen LogP contribution < -0.4 is 5.73 Å². The molecule has 0 aromatic carbocycles. The van der Waals surface area contributed by atoms with Gasteiger partial charge in [-0.25, -0.2) is 0 Å². The molecular formula is C11H20N4O. The summed E-state index contributed by atoms with van der Waals surface area (Å²) in [6, 6.07) is 1.00. The van der Waals surface area contributed by atoms with E-state index in [9.17, 15) is 0 Å². The topological polar surface area (TPSA) is 68.2 Å². The molecule has 5 heteroatoms. The van der Waals surface area contributed by atoms with Crippen LogP contribution >= 0.6 is 0 Å². The van der Waals surface area contributed by atoms with Crippen molar-refractivity contribution in [1.82, 2.24) is 15.0 Å². The Morgan fingerprint density at radius 1 is 1.38 bits per heavy atom. The highest BCUT2D eigenvalue weighted by Gasteiger charge is 2.22. The lowest BCUT2D eigenvalue weighted by atomic mass is 9.91. The average Bonchev–Trinajstić information content (AvgIpc) is 2.65. The number of hydrogen-bond donors (Lipinski definition) is 1. The molecule has 1 fully saturated rings. The number of hydrogen-bond acceptors (Lipinski definition) is 5.